The van der Waals surface area contributed by atoms with E-state index in [1.165, 1.54) is 19.3 Å². The monoisotopic (exact) mass is 185 g/mol. The third-order valence-electron chi connectivity index (χ3n) is 2.93. The second-order valence-corrected chi connectivity index (χ2v) is 4.56. The smallest absolute Gasteiger partial charge is 0.0512 e. The lowest BCUT2D eigenvalue weighted by molar-refractivity contribution is 0.181. The second-order valence-electron chi connectivity index (χ2n) is 4.56. The van der Waals surface area contributed by atoms with E-state index >= 15 is 0 Å². The summed E-state index contributed by atoms with van der Waals surface area (Å²) in [6, 6.07) is 0.754. The molecule has 0 aromatic rings. The predicted molar refractivity (Wildman–Crippen MR) is 55.7 cm³/mol. The molecule has 0 aliphatic heterocycles. The summed E-state index contributed by atoms with van der Waals surface area (Å²) in [4.78, 5) is 0. The van der Waals surface area contributed by atoms with Crippen LogP contribution in [0.4, 0.5) is 0 Å². The average molecular weight is 185 g/mol. The van der Waals surface area contributed by atoms with Crippen molar-refractivity contribution >= 4 is 0 Å². The number of hydrogen-bond donors (Lipinski definition) is 2. The van der Waals surface area contributed by atoms with Gasteiger partial charge in [-0.2, -0.15) is 0 Å². The van der Waals surface area contributed by atoms with E-state index in [1.807, 2.05) is 6.92 Å². The first-order valence-electron chi connectivity index (χ1n) is 5.60. The van der Waals surface area contributed by atoms with Gasteiger partial charge in [-0.05, 0) is 51.5 Å². The summed E-state index contributed by atoms with van der Waals surface area (Å²) >= 11 is 0. The van der Waals surface area contributed by atoms with E-state index in [1.54, 1.807) is 0 Å². The lowest BCUT2D eigenvalue weighted by atomic mass is 10.1. The molecule has 2 N–H and O–H groups in total. The van der Waals surface area contributed by atoms with Crippen molar-refractivity contribution in [3.8, 4) is 0 Å². The van der Waals surface area contributed by atoms with Gasteiger partial charge in [0.1, 0.15) is 0 Å². The Bertz CT molecular complexity index is 136. The minimum absolute atomic E-state index is 0.135. The molecule has 1 rings (SSSR count). The van der Waals surface area contributed by atoms with Gasteiger partial charge in [-0.15, -0.1) is 0 Å². The molecule has 2 nitrogen and oxygen atoms in total. The van der Waals surface area contributed by atoms with Crippen LogP contribution in [-0.4, -0.2) is 23.8 Å². The highest BCUT2D eigenvalue weighted by Crippen LogP contribution is 2.24. The first-order chi connectivity index (χ1) is 6.18. The lowest BCUT2D eigenvalue weighted by Crippen LogP contribution is -2.27. The number of nitrogens with one attached hydrogen (secondary N) is 1. The van der Waals surface area contributed by atoms with Gasteiger partial charge in [-0.3, -0.25) is 0 Å². The van der Waals surface area contributed by atoms with Gasteiger partial charge in [0.2, 0.25) is 0 Å². The van der Waals surface area contributed by atoms with Crippen molar-refractivity contribution in [3.05, 3.63) is 0 Å². The summed E-state index contributed by atoms with van der Waals surface area (Å²) in [7, 11) is 0. The van der Waals surface area contributed by atoms with Crippen molar-refractivity contribution in [1.29, 1.82) is 0 Å². The van der Waals surface area contributed by atoms with Gasteiger partial charge in [-0.25, -0.2) is 0 Å². The Kier molecular flexibility index (Phi) is 4.74. The molecule has 1 fully saturated rings. The molecule has 0 aromatic carbocycles. The highest BCUT2D eigenvalue weighted by atomic mass is 16.3. The van der Waals surface area contributed by atoms with Gasteiger partial charge in [-0.1, -0.05) is 6.92 Å². The summed E-state index contributed by atoms with van der Waals surface area (Å²) < 4.78 is 0. The lowest BCUT2D eigenvalue weighted by Gasteiger charge is -2.12. The molecule has 0 spiro atoms. The van der Waals surface area contributed by atoms with E-state index in [2.05, 4.69) is 12.2 Å². The highest BCUT2D eigenvalue weighted by Gasteiger charge is 2.19. The van der Waals surface area contributed by atoms with Crippen molar-refractivity contribution in [2.75, 3.05) is 6.54 Å². The molecule has 78 valence electrons. The molecule has 0 aromatic heterocycles. The number of rotatable bonds is 5. The summed E-state index contributed by atoms with van der Waals surface area (Å²) in [5, 5.41) is 12.6. The zero-order valence-electron chi connectivity index (χ0n) is 8.92. The van der Waals surface area contributed by atoms with Crippen LogP contribution >= 0.6 is 0 Å². The fourth-order valence-corrected chi connectivity index (χ4v) is 2.10. The van der Waals surface area contributed by atoms with Gasteiger partial charge < -0.3 is 10.4 Å². The Morgan fingerprint density at radius 1 is 1.46 bits per heavy atom. The topological polar surface area (TPSA) is 32.3 Å². The van der Waals surface area contributed by atoms with Gasteiger partial charge in [0, 0.05) is 6.04 Å². The summed E-state index contributed by atoms with van der Waals surface area (Å²) in [5.74, 6) is 0.911. The van der Waals surface area contributed by atoms with Crippen LogP contribution in [0.3, 0.4) is 0 Å². The fraction of sp³-hybridized carbons (Fsp3) is 1.00. The van der Waals surface area contributed by atoms with Crippen LogP contribution in [0.25, 0.3) is 0 Å². The fourth-order valence-electron chi connectivity index (χ4n) is 2.10. The summed E-state index contributed by atoms with van der Waals surface area (Å²) in [6.07, 6.45) is 5.96. The Balaban J connectivity index is 1.94. The Labute approximate surface area is 81.7 Å². The van der Waals surface area contributed by atoms with E-state index in [9.17, 15) is 0 Å². The van der Waals surface area contributed by atoms with Crippen LogP contribution in [0.5, 0.6) is 0 Å². The van der Waals surface area contributed by atoms with Crippen molar-refractivity contribution in [3.63, 3.8) is 0 Å². The maximum Gasteiger partial charge on any atom is 0.0512 e. The molecule has 0 radical (unpaired) electrons. The van der Waals surface area contributed by atoms with Crippen LogP contribution in [0.15, 0.2) is 0 Å². The maximum atomic E-state index is 9.06. The van der Waals surface area contributed by atoms with Crippen LogP contribution in [0.2, 0.25) is 0 Å². The molecule has 0 saturated heterocycles. The molecule has 13 heavy (non-hydrogen) atoms. The first-order valence-corrected chi connectivity index (χ1v) is 5.60. The summed E-state index contributed by atoms with van der Waals surface area (Å²) in [5.41, 5.74) is 0. The summed E-state index contributed by atoms with van der Waals surface area (Å²) in [6.45, 7) is 5.26. The second kappa shape index (κ2) is 5.61. The van der Waals surface area contributed by atoms with Crippen molar-refractivity contribution < 1.29 is 5.11 Å². The van der Waals surface area contributed by atoms with Crippen molar-refractivity contribution in [2.45, 2.75) is 58.1 Å². The zero-order chi connectivity index (χ0) is 9.68. The number of aliphatic hydroxyl groups is 1. The quantitative estimate of drug-likeness (QED) is 0.641. The minimum Gasteiger partial charge on any atom is -0.393 e. The van der Waals surface area contributed by atoms with Crippen molar-refractivity contribution in [1.82, 2.24) is 5.32 Å². The molecular formula is C11H23NO. The first kappa shape index (κ1) is 11.0. The molecule has 0 amide bonds. The maximum absolute atomic E-state index is 9.06. The van der Waals surface area contributed by atoms with E-state index in [4.69, 9.17) is 5.11 Å². The van der Waals surface area contributed by atoms with Crippen LogP contribution in [-0.2, 0) is 0 Å². The number of aliphatic hydroxyl groups excluding tert-OH is 1. The predicted octanol–water partition coefficient (Wildman–Crippen LogP) is 1.93. The van der Waals surface area contributed by atoms with E-state index in [-0.39, 0.29) is 6.10 Å². The molecule has 1 aliphatic rings. The van der Waals surface area contributed by atoms with Crippen LogP contribution in [0.1, 0.15) is 46.0 Å². The van der Waals surface area contributed by atoms with Gasteiger partial charge in [0.25, 0.3) is 0 Å². The van der Waals surface area contributed by atoms with Gasteiger partial charge in [0.05, 0.1) is 6.10 Å². The highest BCUT2D eigenvalue weighted by molar-refractivity contribution is 4.77. The Hall–Kier alpha value is -0.0800. The largest absolute Gasteiger partial charge is 0.393 e. The molecule has 3 unspecified atom stereocenters. The number of hydrogen-bond acceptors (Lipinski definition) is 2. The molecule has 2 heteroatoms. The van der Waals surface area contributed by atoms with E-state index in [0.29, 0.717) is 0 Å². The third kappa shape index (κ3) is 4.63. The Morgan fingerprint density at radius 3 is 2.77 bits per heavy atom. The molecule has 1 saturated carbocycles. The SMILES string of the molecule is CC(O)CCCNC1CCC(C)C1. The van der Waals surface area contributed by atoms with Crippen LogP contribution < -0.4 is 5.32 Å². The van der Waals surface area contributed by atoms with E-state index < -0.39 is 0 Å². The third-order valence-corrected chi connectivity index (χ3v) is 2.93. The normalized spacial score (nSPS) is 30.7. The molecular weight excluding hydrogens is 162 g/mol. The van der Waals surface area contributed by atoms with Gasteiger partial charge in [0.15, 0.2) is 0 Å². The van der Waals surface area contributed by atoms with Gasteiger partial charge >= 0.3 is 0 Å². The molecule has 0 bridgehead atoms. The molecule has 0 heterocycles. The standard InChI is InChI=1S/C11H23NO/c1-9-5-6-11(8-9)12-7-3-4-10(2)13/h9-13H,3-8H2,1-2H3. The van der Waals surface area contributed by atoms with Crippen LogP contribution in [0, 0.1) is 5.92 Å². The Morgan fingerprint density at radius 2 is 2.23 bits per heavy atom. The average Bonchev–Trinajstić information content (AvgIpc) is 2.45. The van der Waals surface area contributed by atoms with Crippen molar-refractivity contribution in [2.24, 2.45) is 5.92 Å². The molecule has 3 atom stereocenters. The zero-order valence-corrected chi connectivity index (χ0v) is 8.92. The molecule has 1 aliphatic carbocycles. The van der Waals surface area contributed by atoms with E-state index in [0.717, 1.165) is 31.3 Å². The minimum atomic E-state index is -0.135.